The highest BCUT2D eigenvalue weighted by atomic mass is 35.5. The lowest BCUT2D eigenvalue weighted by atomic mass is 9.90. The third-order valence-corrected chi connectivity index (χ3v) is 8.88. The molecule has 3 saturated heterocycles. The summed E-state index contributed by atoms with van der Waals surface area (Å²) in [6.07, 6.45) is 9.97. The summed E-state index contributed by atoms with van der Waals surface area (Å²) in [4.78, 5) is 43.3. The van der Waals surface area contributed by atoms with E-state index >= 15 is 4.39 Å². The van der Waals surface area contributed by atoms with Crippen LogP contribution in [0.15, 0.2) is 0 Å². The fourth-order valence-electron chi connectivity index (χ4n) is 6.49. The number of nitrogens with zero attached hydrogens (tertiary/aromatic N) is 5. The van der Waals surface area contributed by atoms with Gasteiger partial charge in [0, 0.05) is 26.1 Å². The van der Waals surface area contributed by atoms with E-state index in [2.05, 4.69) is 32.6 Å². The van der Waals surface area contributed by atoms with Gasteiger partial charge in [-0.25, -0.2) is 9.90 Å². The van der Waals surface area contributed by atoms with E-state index in [0.717, 1.165) is 56.7 Å². The SMILES string of the molecule is CC1(N2CCCC2)CN(c2nc(Cl)nc(NNC(=O)[C@@H](CC3CCCC3)CN(C=O)OC3CCCCO3)c2F)C1. The molecule has 1 unspecified atom stereocenters. The van der Waals surface area contributed by atoms with Crippen molar-refractivity contribution in [2.24, 2.45) is 11.8 Å². The zero-order valence-electron chi connectivity index (χ0n) is 23.2. The van der Waals surface area contributed by atoms with Crippen LogP contribution in [-0.2, 0) is 19.2 Å². The molecule has 4 aliphatic rings. The Kier molecular flexibility index (Phi) is 9.60. The number of aromatic nitrogens is 2. The first-order valence-corrected chi connectivity index (χ1v) is 15.0. The van der Waals surface area contributed by atoms with Gasteiger partial charge in [0.2, 0.25) is 23.4 Å². The molecule has 2 atom stereocenters. The normalized spacial score (nSPS) is 24.0. The Balaban J connectivity index is 1.22. The first-order valence-electron chi connectivity index (χ1n) is 14.6. The lowest BCUT2D eigenvalue weighted by molar-refractivity contribution is -0.276. The molecule has 3 aliphatic heterocycles. The zero-order valence-corrected chi connectivity index (χ0v) is 24.0. The van der Waals surface area contributed by atoms with Crippen LogP contribution in [-0.4, -0.2) is 83.4 Å². The van der Waals surface area contributed by atoms with Crippen LogP contribution in [0.4, 0.5) is 16.0 Å². The van der Waals surface area contributed by atoms with Gasteiger partial charge in [0.05, 0.1) is 18.0 Å². The van der Waals surface area contributed by atoms with Crippen molar-refractivity contribution in [3.05, 3.63) is 11.1 Å². The average molecular weight is 582 g/mol. The number of likely N-dealkylation sites (tertiary alicyclic amines) is 1. The van der Waals surface area contributed by atoms with Crippen molar-refractivity contribution in [1.29, 1.82) is 0 Å². The van der Waals surface area contributed by atoms with Crippen LogP contribution in [0.3, 0.4) is 0 Å². The molecule has 5 rings (SSSR count). The maximum atomic E-state index is 15.5. The summed E-state index contributed by atoms with van der Waals surface area (Å²) in [5.41, 5.74) is 5.21. The van der Waals surface area contributed by atoms with Crippen LogP contribution in [0.25, 0.3) is 0 Å². The molecule has 1 aliphatic carbocycles. The first-order chi connectivity index (χ1) is 19.3. The van der Waals surface area contributed by atoms with Crippen LogP contribution in [0.2, 0.25) is 5.28 Å². The number of nitrogens with one attached hydrogen (secondary N) is 2. The van der Waals surface area contributed by atoms with Gasteiger partial charge in [0.25, 0.3) is 0 Å². The number of carbonyl (C=O) groups excluding carboxylic acids is 2. The highest BCUT2D eigenvalue weighted by molar-refractivity contribution is 6.28. The molecule has 0 radical (unpaired) electrons. The number of hydrazine groups is 1. The number of amides is 2. The van der Waals surface area contributed by atoms with Gasteiger partial charge in [-0.15, -0.1) is 0 Å². The van der Waals surface area contributed by atoms with E-state index in [0.29, 0.717) is 44.9 Å². The molecule has 4 fully saturated rings. The van der Waals surface area contributed by atoms with Gasteiger partial charge in [-0.3, -0.25) is 25.3 Å². The van der Waals surface area contributed by atoms with Crippen molar-refractivity contribution >= 4 is 35.6 Å². The summed E-state index contributed by atoms with van der Waals surface area (Å²) in [5, 5.41) is 1.04. The third-order valence-electron chi connectivity index (χ3n) is 8.71. The molecular weight excluding hydrogens is 541 g/mol. The van der Waals surface area contributed by atoms with Crippen LogP contribution in [0.5, 0.6) is 0 Å². The molecule has 13 heteroatoms. The first kappa shape index (κ1) is 29.2. The van der Waals surface area contributed by atoms with Crippen molar-refractivity contribution in [1.82, 2.24) is 25.4 Å². The summed E-state index contributed by atoms with van der Waals surface area (Å²) in [5.74, 6) is -1.33. The fourth-order valence-corrected chi connectivity index (χ4v) is 6.66. The minimum absolute atomic E-state index is 0.0230. The standard InChI is InChI=1S/C27H41ClFN7O4/c1-27(35-11-5-6-12-35)16-34(17-27)24-22(29)23(30-26(28)31-24)32-33-25(38)20(14-19-8-2-3-9-19)15-36(18-37)40-21-10-4-7-13-39-21/h18-21H,2-17H2,1H3,(H,33,38)(H,30,31,32)/t20-,21?/m0/s1. The zero-order chi connectivity index (χ0) is 28.1. The van der Waals surface area contributed by atoms with Crippen molar-refractivity contribution in [3.8, 4) is 0 Å². The topological polar surface area (TPSA) is 112 Å². The summed E-state index contributed by atoms with van der Waals surface area (Å²) < 4.78 is 21.1. The second-order valence-electron chi connectivity index (χ2n) is 11.8. The minimum atomic E-state index is -0.673. The number of rotatable bonds is 12. The number of halogens is 2. The van der Waals surface area contributed by atoms with Crippen LogP contribution < -0.4 is 15.8 Å². The van der Waals surface area contributed by atoms with Gasteiger partial charge in [-0.2, -0.15) is 14.4 Å². The van der Waals surface area contributed by atoms with Crippen LogP contribution >= 0.6 is 11.6 Å². The Morgan fingerprint density at radius 3 is 2.60 bits per heavy atom. The second kappa shape index (κ2) is 13.1. The van der Waals surface area contributed by atoms with Gasteiger partial charge >= 0.3 is 0 Å². The Bertz CT molecular complexity index is 1030. The molecule has 2 amide bonds. The second-order valence-corrected chi connectivity index (χ2v) is 12.2. The highest BCUT2D eigenvalue weighted by Crippen LogP contribution is 2.36. The summed E-state index contributed by atoms with van der Waals surface area (Å²) >= 11 is 6.16. The van der Waals surface area contributed by atoms with E-state index in [1.165, 1.54) is 12.8 Å². The van der Waals surface area contributed by atoms with E-state index in [1.807, 2.05) is 4.90 Å². The van der Waals surface area contributed by atoms with Crippen LogP contribution in [0, 0.1) is 17.7 Å². The monoisotopic (exact) mass is 581 g/mol. The largest absolute Gasteiger partial charge is 0.350 e. The predicted molar refractivity (Wildman–Crippen MR) is 148 cm³/mol. The Morgan fingerprint density at radius 1 is 1.20 bits per heavy atom. The van der Waals surface area contributed by atoms with Crippen molar-refractivity contribution in [2.45, 2.75) is 83.0 Å². The summed E-state index contributed by atoms with van der Waals surface area (Å²) in [6.45, 7) is 6.21. The van der Waals surface area contributed by atoms with Gasteiger partial charge in [-0.05, 0) is 69.6 Å². The molecule has 4 heterocycles. The van der Waals surface area contributed by atoms with E-state index in [-0.39, 0.29) is 34.9 Å². The van der Waals surface area contributed by atoms with E-state index in [4.69, 9.17) is 21.2 Å². The average Bonchev–Trinajstić information content (AvgIpc) is 3.66. The number of hydrogen-bond donors (Lipinski definition) is 2. The van der Waals surface area contributed by atoms with E-state index in [9.17, 15) is 9.59 Å². The lowest BCUT2D eigenvalue weighted by Crippen LogP contribution is -2.68. The lowest BCUT2D eigenvalue weighted by Gasteiger charge is -2.53. The number of ether oxygens (including phenoxy) is 1. The van der Waals surface area contributed by atoms with Gasteiger partial charge in [-0.1, -0.05) is 25.7 Å². The molecule has 1 aromatic heterocycles. The van der Waals surface area contributed by atoms with Crippen molar-refractivity contribution < 1.29 is 23.6 Å². The molecule has 40 heavy (non-hydrogen) atoms. The molecule has 0 spiro atoms. The molecule has 0 bridgehead atoms. The Hall–Kier alpha value is -2.28. The van der Waals surface area contributed by atoms with Crippen molar-refractivity contribution in [3.63, 3.8) is 0 Å². The maximum Gasteiger partial charge on any atom is 0.243 e. The van der Waals surface area contributed by atoms with Crippen molar-refractivity contribution in [2.75, 3.05) is 49.7 Å². The number of hydrogen-bond acceptors (Lipinski definition) is 9. The Labute approximate surface area is 240 Å². The highest BCUT2D eigenvalue weighted by Gasteiger charge is 2.46. The molecule has 1 saturated carbocycles. The maximum absolute atomic E-state index is 15.5. The molecule has 11 nitrogen and oxygen atoms in total. The quantitative estimate of drug-likeness (QED) is 0.217. The third kappa shape index (κ3) is 6.95. The van der Waals surface area contributed by atoms with Gasteiger partial charge in [0.1, 0.15) is 0 Å². The fraction of sp³-hybridized carbons (Fsp3) is 0.778. The van der Waals surface area contributed by atoms with E-state index in [1.54, 1.807) is 0 Å². The molecule has 0 aromatic carbocycles. The van der Waals surface area contributed by atoms with Crippen LogP contribution in [0.1, 0.15) is 71.1 Å². The van der Waals surface area contributed by atoms with Gasteiger partial charge in [0.15, 0.2) is 17.9 Å². The molecule has 2 N–H and O–H groups in total. The molecule has 1 aromatic rings. The molecular formula is C27H41ClFN7O4. The number of hydroxylamine groups is 2. The van der Waals surface area contributed by atoms with Gasteiger partial charge < -0.3 is 9.64 Å². The number of carbonyl (C=O) groups is 2. The predicted octanol–water partition coefficient (Wildman–Crippen LogP) is 3.50. The smallest absolute Gasteiger partial charge is 0.243 e. The minimum Gasteiger partial charge on any atom is -0.350 e. The molecule has 222 valence electrons. The summed E-state index contributed by atoms with van der Waals surface area (Å²) in [7, 11) is 0. The summed E-state index contributed by atoms with van der Waals surface area (Å²) in [6, 6.07) is 0. The number of anilines is 2. The van der Waals surface area contributed by atoms with E-state index < -0.39 is 18.0 Å². The Morgan fingerprint density at radius 2 is 1.93 bits per heavy atom.